The van der Waals surface area contributed by atoms with Crippen molar-refractivity contribution in [2.24, 2.45) is 5.92 Å². The van der Waals surface area contributed by atoms with Crippen LogP contribution in [0.4, 0.5) is 17.6 Å². The van der Waals surface area contributed by atoms with Gasteiger partial charge in [0.15, 0.2) is 23.2 Å². The normalized spacial score (nSPS) is 18.3. The second-order valence-corrected chi connectivity index (χ2v) is 9.61. The second kappa shape index (κ2) is 13.7. The van der Waals surface area contributed by atoms with Gasteiger partial charge in [0.2, 0.25) is 5.82 Å². The largest absolute Gasteiger partial charge is 0.491 e. The minimum Gasteiger partial charge on any atom is -0.491 e. The van der Waals surface area contributed by atoms with Gasteiger partial charge in [-0.1, -0.05) is 56.5 Å². The minimum absolute atomic E-state index is 0.0456. The van der Waals surface area contributed by atoms with Crippen molar-refractivity contribution in [3.63, 3.8) is 0 Å². The summed E-state index contributed by atoms with van der Waals surface area (Å²) in [6.07, 6.45) is 13.4. The fourth-order valence-electron chi connectivity index (χ4n) is 5.04. The third-order valence-corrected chi connectivity index (χ3v) is 7.12. The van der Waals surface area contributed by atoms with Crippen molar-refractivity contribution in [3.05, 3.63) is 76.4 Å². The molecule has 0 unspecified atom stereocenters. The predicted molar refractivity (Wildman–Crippen MR) is 134 cm³/mol. The van der Waals surface area contributed by atoms with E-state index in [1.165, 1.54) is 6.07 Å². The highest BCUT2D eigenvalue weighted by Gasteiger charge is 2.25. The predicted octanol–water partition coefficient (Wildman–Crippen LogP) is 9.23. The number of allylic oxidation sites excluding steroid dienone is 2. The van der Waals surface area contributed by atoms with Crippen molar-refractivity contribution in [1.82, 2.24) is 0 Å². The third kappa shape index (κ3) is 7.35. The SMILES string of the molecule is CCCCCCc1ccc(C2CCC(C=CCCc3ccc(OCC)c(F)c3F)CC2)c(F)c1F. The van der Waals surface area contributed by atoms with E-state index < -0.39 is 23.3 Å². The lowest BCUT2D eigenvalue weighted by molar-refractivity contribution is 0.313. The Morgan fingerprint density at radius 2 is 1.46 bits per heavy atom. The van der Waals surface area contributed by atoms with Gasteiger partial charge in [-0.25, -0.2) is 13.2 Å². The Balaban J connectivity index is 1.48. The molecule has 1 saturated carbocycles. The molecule has 2 aromatic carbocycles. The monoisotopic (exact) mass is 490 g/mol. The quantitative estimate of drug-likeness (QED) is 0.164. The van der Waals surface area contributed by atoms with Crippen LogP contribution >= 0.6 is 0 Å². The standard InChI is InChI=1S/C30H38F4O/c1-3-5-6-7-11-23-17-19-25(29(33)27(23)31)22-15-13-21(14-16-22)10-8-9-12-24-18-20-26(35-4-2)30(34)28(24)32/h8,10,17-22H,3-7,9,11-16H2,1-2H3. The van der Waals surface area contributed by atoms with Gasteiger partial charge in [0.1, 0.15) is 0 Å². The van der Waals surface area contributed by atoms with E-state index in [1.807, 2.05) is 6.08 Å². The molecule has 0 atom stereocenters. The van der Waals surface area contributed by atoms with Crippen LogP contribution in [0.25, 0.3) is 0 Å². The smallest absolute Gasteiger partial charge is 0.200 e. The van der Waals surface area contributed by atoms with E-state index in [4.69, 9.17) is 4.74 Å². The summed E-state index contributed by atoms with van der Waals surface area (Å²) in [5, 5.41) is 0. The zero-order valence-corrected chi connectivity index (χ0v) is 21.0. The summed E-state index contributed by atoms with van der Waals surface area (Å²) in [7, 11) is 0. The lowest BCUT2D eigenvalue weighted by Crippen LogP contribution is -2.14. The summed E-state index contributed by atoms with van der Waals surface area (Å²) in [5.41, 5.74) is 1.34. The van der Waals surface area contributed by atoms with E-state index in [-0.39, 0.29) is 18.3 Å². The summed E-state index contributed by atoms with van der Waals surface area (Å²) in [5.74, 6) is -2.74. The molecule has 0 aliphatic heterocycles. The fraction of sp³-hybridized carbons (Fsp3) is 0.533. The van der Waals surface area contributed by atoms with Crippen molar-refractivity contribution >= 4 is 0 Å². The third-order valence-electron chi connectivity index (χ3n) is 7.12. The molecule has 0 aromatic heterocycles. The van der Waals surface area contributed by atoms with Crippen LogP contribution in [0.5, 0.6) is 5.75 Å². The first-order chi connectivity index (χ1) is 17.0. The number of halogens is 4. The Kier molecular flexibility index (Phi) is 10.7. The first kappa shape index (κ1) is 27.3. The van der Waals surface area contributed by atoms with E-state index in [9.17, 15) is 17.6 Å². The average molecular weight is 491 g/mol. The summed E-state index contributed by atoms with van der Waals surface area (Å²) < 4.78 is 62.7. The van der Waals surface area contributed by atoms with Crippen LogP contribution in [0.2, 0.25) is 0 Å². The molecule has 35 heavy (non-hydrogen) atoms. The van der Waals surface area contributed by atoms with Crippen LogP contribution < -0.4 is 4.74 Å². The van der Waals surface area contributed by atoms with Crippen molar-refractivity contribution in [3.8, 4) is 5.75 Å². The summed E-state index contributed by atoms with van der Waals surface area (Å²) in [4.78, 5) is 0. The Bertz CT molecular complexity index is 977. The van der Waals surface area contributed by atoms with Gasteiger partial charge in [0.25, 0.3) is 0 Å². The molecule has 2 aromatic rings. The van der Waals surface area contributed by atoms with Gasteiger partial charge in [0, 0.05) is 0 Å². The number of aryl methyl sites for hydroxylation is 2. The van der Waals surface area contributed by atoms with E-state index >= 15 is 0 Å². The molecule has 1 aliphatic rings. The van der Waals surface area contributed by atoms with Crippen molar-refractivity contribution in [2.75, 3.05) is 6.61 Å². The molecule has 1 fully saturated rings. The van der Waals surface area contributed by atoms with Gasteiger partial charge in [-0.2, -0.15) is 4.39 Å². The number of ether oxygens (including phenoxy) is 1. The highest BCUT2D eigenvalue weighted by atomic mass is 19.2. The molecule has 0 spiro atoms. The van der Waals surface area contributed by atoms with Gasteiger partial charge in [0.05, 0.1) is 6.61 Å². The maximum Gasteiger partial charge on any atom is 0.200 e. The molecule has 0 amide bonds. The van der Waals surface area contributed by atoms with Gasteiger partial charge < -0.3 is 4.74 Å². The Labute approximate surface area is 207 Å². The molecule has 0 radical (unpaired) electrons. The highest BCUT2D eigenvalue weighted by Crippen LogP contribution is 2.38. The first-order valence-electron chi connectivity index (χ1n) is 13.2. The molecule has 1 nitrogen and oxygen atoms in total. The van der Waals surface area contributed by atoms with E-state index in [1.54, 1.807) is 25.1 Å². The zero-order chi connectivity index (χ0) is 25.2. The van der Waals surface area contributed by atoms with E-state index in [0.717, 1.165) is 51.4 Å². The van der Waals surface area contributed by atoms with Crippen molar-refractivity contribution < 1.29 is 22.3 Å². The van der Waals surface area contributed by atoms with Crippen LogP contribution in [-0.2, 0) is 12.8 Å². The molecule has 0 bridgehead atoms. The second-order valence-electron chi connectivity index (χ2n) is 9.61. The van der Waals surface area contributed by atoms with Gasteiger partial charge in [-0.05, 0) is 92.9 Å². The summed E-state index contributed by atoms with van der Waals surface area (Å²) >= 11 is 0. The van der Waals surface area contributed by atoms with Crippen LogP contribution in [0, 0.1) is 29.2 Å². The molecule has 1 aliphatic carbocycles. The minimum atomic E-state index is -0.931. The van der Waals surface area contributed by atoms with Gasteiger partial charge >= 0.3 is 0 Å². The summed E-state index contributed by atoms with van der Waals surface area (Å²) in [6, 6.07) is 6.61. The maximum atomic E-state index is 14.8. The van der Waals surface area contributed by atoms with Crippen LogP contribution in [-0.4, -0.2) is 6.61 Å². The average Bonchev–Trinajstić information content (AvgIpc) is 2.87. The topological polar surface area (TPSA) is 9.23 Å². The van der Waals surface area contributed by atoms with Gasteiger partial charge in [-0.15, -0.1) is 0 Å². The molecular weight excluding hydrogens is 452 g/mol. The van der Waals surface area contributed by atoms with Crippen molar-refractivity contribution in [2.45, 2.75) is 90.4 Å². The lowest BCUT2D eigenvalue weighted by Gasteiger charge is -2.27. The number of rotatable bonds is 12. The van der Waals surface area contributed by atoms with Crippen molar-refractivity contribution in [1.29, 1.82) is 0 Å². The fourth-order valence-corrected chi connectivity index (χ4v) is 5.04. The summed E-state index contributed by atoms with van der Waals surface area (Å²) in [6.45, 7) is 4.14. The maximum absolute atomic E-state index is 14.8. The number of hydrogen-bond donors (Lipinski definition) is 0. The van der Waals surface area contributed by atoms with E-state index in [0.29, 0.717) is 41.9 Å². The van der Waals surface area contributed by atoms with Crippen LogP contribution in [0.1, 0.15) is 94.2 Å². The Morgan fingerprint density at radius 1 is 0.771 bits per heavy atom. The number of benzene rings is 2. The van der Waals surface area contributed by atoms with E-state index in [2.05, 4.69) is 13.0 Å². The van der Waals surface area contributed by atoms with Crippen LogP contribution in [0.15, 0.2) is 36.4 Å². The Morgan fingerprint density at radius 3 is 2.17 bits per heavy atom. The number of unbranched alkanes of at least 4 members (excludes halogenated alkanes) is 3. The first-order valence-corrected chi connectivity index (χ1v) is 13.2. The molecular formula is C30H38F4O. The zero-order valence-electron chi connectivity index (χ0n) is 21.0. The lowest BCUT2D eigenvalue weighted by atomic mass is 9.78. The number of hydrogen-bond acceptors (Lipinski definition) is 1. The molecule has 0 heterocycles. The molecule has 192 valence electrons. The molecule has 3 rings (SSSR count). The molecule has 5 heteroatoms. The Hall–Kier alpha value is -2.30. The van der Waals surface area contributed by atoms with Gasteiger partial charge in [-0.3, -0.25) is 0 Å². The molecule has 0 saturated heterocycles. The molecule has 0 N–H and O–H groups in total. The van der Waals surface area contributed by atoms with Crippen LogP contribution in [0.3, 0.4) is 0 Å². The highest BCUT2D eigenvalue weighted by molar-refractivity contribution is 5.32.